The van der Waals surface area contributed by atoms with Gasteiger partial charge in [0.05, 0.1) is 35.6 Å². The minimum Gasteiger partial charge on any atom is -0.481 e. The summed E-state index contributed by atoms with van der Waals surface area (Å²) in [5.41, 5.74) is 2.84. The molecule has 1 aromatic carbocycles. The van der Waals surface area contributed by atoms with E-state index in [1.165, 1.54) is 6.20 Å². The lowest BCUT2D eigenvalue weighted by Crippen LogP contribution is -2.27. The van der Waals surface area contributed by atoms with Gasteiger partial charge in [0.25, 0.3) is 5.91 Å². The lowest BCUT2D eigenvalue weighted by Gasteiger charge is -2.22. The van der Waals surface area contributed by atoms with Gasteiger partial charge < -0.3 is 10.4 Å². The number of rotatable bonds is 9. The molecule has 0 saturated heterocycles. The van der Waals surface area contributed by atoms with E-state index in [0.29, 0.717) is 17.7 Å². The van der Waals surface area contributed by atoms with Gasteiger partial charge in [-0.1, -0.05) is 42.5 Å². The Balaban J connectivity index is 1.75. The molecule has 0 spiro atoms. The van der Waals surface area contributed by atoms with E-state index in [1.807, 2.05) is 50.6 Å². The first kappa shape index (κ1) is 22.1. The number of benzene rings is 1. The molecule has 3 rings (SSSR count). The molecule has 3 aromatic rings. The molecule has 0 aliphatic carbocycles. The minimum atomic E-state index is -0.883. The normalized spacial score (nSPS) is 13.0. The van der Waals surface area contributed by atoms with Crippen molar-refractivity contribution in [2.24, 2.45) is 5.92 Å². The van der Waals surface area contributed by atoms with Crippen molar-refractivity contribution < 1.29 is 14.7 Å². The standard InChI is InChI=1S/C22H26N6O3/c1-15(22(30)31)9-10-24-21(29)17-11-18(13-23-12-17)28-14-19(25-26-28)20(27(2)3)16-7-5-4-6-8-16/h4-8,11-15,20H,9-10H2,1-3H3,(H,24,29)(H,30,31). The average Bonchev–Trinajstić information content (AvgIpc) is 3.23. The predicted octanol–water partition coefficient (Wildman–Crippen LogP) is 2.15. The number of carbonyl (C=O) groups is 2. The highest BCUT2D eigenvalue weighted by Gasteiger charge is 2.20. The number of carboxylic acid groups (broad SMARTS) is 1. The zero-order chi connectivity index (χ0) is 22.4. The first-order chi connectivity index (χ1) is 14.9. The molecule has 2 aromatic heterocycles. The summed E-state index contributed by atoms with van der Waals surface area (Å²) in [7, 11) is 3.96. The Morgan fingerprint density at radius 3 is 2.61 bits per heavy atom. The Bertz CT molecular complexity index is 1030. The van der Waals surface area contributed by atoms with Crippen molar-refractivity contribution in [2.45, 2.75) is 19.4 Å². The van der Waals surface area contributed by atoms with Crippen LogP contribution in [0.25, 0.3) is 5.69 Å². The van der Waals surface area contributed by atoms with Crippen LogP contribution in [0.5, 0.6) is 0 Å². The van der Waals surface area contributed by atoms with Crippen LogP contribution in [0, 0.1) is 5.92 Å². The van der Waals surface area contributed by atoms with Crippen LogP contribution in [0.4, 0.5) is 0 Å². The van der Waals surface area contributed by atoms with Crippen LogP contribution in [0.1, 0.15) is 41.0 Å². The van der Waals surface area contributed by atoms with Gasteiger partial charge in [0.15, 0.2) is 0 Å². The van der Waals surface area contributed by atoms with Crippen LogP contribution in [-0.2, 0) is 4.79 Å². The summed E-state index contributed by atoms with van der Waals surface area (Å²) in [6.45, 7) is 1.88. The molecule has 0 bridgehead atoms. The highest BCUT2D eigenvalue weighted by Crippen LogP contribution is 2.25. The number of hydrogen-bond donors (Lipinski definition) is 2. The minimum absolute atomic E-state index is 0.0642. The van der Waals surface area contributed by atoms with Gasteiger partial charge in [-0.05, 0) is 32.1 Å². The van der Waals surface area contributed by atoms with Gasteiger partial charge in [0, 0.05) is 12.7 Å². The molecule has 0 fully saturated rings. The predicted molar refractivity (Wildman–Crippen MR) is 115 cm³/mol. The molecule has 0 radical (unpaired) electrons. The summed E-state index contributed by atoms with van der Waals surface area (Å²) in [6, 6.07) is 11.6. The molecule has 2 atom stereocenters. The van der Waals surface area contributed by atoms with Crippen molar-refractivity contribution in [3.63, 3.8) is 0 Å². The molecule has 9 heteroatoms. The van der Waals surface area contributed by atoms with Crippen LogP contribution in [0.15, 0.2) is 55.0 Å². The van der Waals surface area contributed by atoms with Crippen LogP contribution in [0.3, 0.4) is 0 Å². The number of nitrogens with one attached hydrogen (secondary N) is 1. The number of amides is 1. The zero-order valence-electron chi connectivity index (χ0n) is 17.8. The molecule has 0 aliphatic rings. The SMILES string of the molecule is CC(CCNC(=O)c1cncc(-n2cc(C(c3ccccc3)N(C)C)nn2)c1)C(=O)O. The summed E-state index contributed by atoms with van der Waals surface area (Å²) >= 11 is 0. The van der Waals surface area contributed by atoms with Crippen molar-refractivity contribution in [2.75, 3.05) is 20.6 Å². The Morgan fingerprint density at radius 2 is 1.94 bits per heavy atom. The first-order valence-electron chi connectivity index (χ1n) is 9.97. The summed E-state index contributed by atoms with van der Waals surface area (Å²) in [4.78, 5) is 29.5. The fourth-order valence-corrected chi connectivity index (χ4v) is 3.20. The zero-order valence-corrected chi connectivity index (χ0v) is 17.8. The summed E-state index contributed by atoms with van der Waals surface area (Å²) < 4.78 is 1.59. The van der Waals surface area contributed by atoms with Crippen LogP contribution < -0.4 is 5.32 Å². The molecule has 2 unspecified atom stereocenters. The summed E-state index contributed by atoms with van der Waals surface area (Å²) in [5, 5.41) is 20.2. The topological polar surface area (TPSA) is 113 Å². The van der Waals surface area contributed by atoms with Crippen molar-refractivity contribution in [1.29, 1.82) is 0 Å². The van der Waals surface area contributed by atoms with E-state index >= 15 is 0 Å². The van der Waals surface area contributed by atoms with Gasteiger partial charge >= 0.3 is 5.97 Å². The van der Waals surface area contributed by atoms with E-state index in [1.54, 1.807) is 23.9 Å². The third-order valence-corrected chi connectivity index (χ3v) is 4.96. The molecule has 162 valence electrons. The molecule has 0 aliphatic heterocycles. The largest absolute Gasteiger partial charge is 0.481 e. The maximum absolute atomic E-state index is 12.4. The van der Waals surface area contributed by atoms with Gasteiger partial charge in [-0.15, -0.1) is 5.10 Å². The van der Waals surface area contributed by atoms with E-state index in [2.05, 4.69) is 25.5 Å². The lowest BCUT2D eigenvalue weighted by atomic mass is 10.0. The van der Waals surface area contributed by atoms with Gasteiger partial charge in [0.1, 0.15) is 5.69 Å². The van der Waals surface area contributed by atoms with Crippen molar-refractivity contribution in [3.05, 3.63) is 71.8 Å². The van der Waals surface area contributed by atoms with E-state index < -0.39 is 11.9 Å². The lowest BCUT2D eigenvalue weighted by molar-refractivity contribution is -0.141. The molecule has 0 saturated carbocycles. The molecule has 31 heavy (non-hydrogen) atoms. The van der Waals surface area contributed by atoms with Crippen LogP contribution >= 0.6 is 0 Å². The molecular weight excluding hydrogens is 396 g/mol. The number of hydrogen-bond acceptors (Lipinski definition) is 6. The van der Waals surface area contributed by atoms with E-state index in [-0.39, 0.29) is 18.5 Å². The summed E-state index contributed by atoms with van der Waals surface area (Å²) in [5.74, 6) is -1.72. The molecule has 9 nitrogen and oxygen atoms in total. The first-order valence-corrected chi connectivity index (χ1v) is 9.97. The number of aromatic nitrogens is 4. The smallest absolute Gasteiger partial charge is 0.306 e. The highest BCUT2D eigenvalue weighted by atomic mass is 16.4. The van der Waals surface area contributed by atoms with Crippen LogP contribution in [-0.4, -0.2) is 62.5 Å². The molecule has 2 heterocycles. The number of carbonyl (C=O) groups excluding carboxylic acids is 1. The third-order valence-electron chi connectivity index (χ3n) is 4.96. The van der Waals surface area contributed by atoms with E-state index in [0.717, 1.165) is 11.3 Å². The molecular formula is C22H26N6O3. The second-order valence-electron chi connectivity index (χ2n) is 7.58. The van der Waals surface area contributed by atoms with E-state index in [9.17, 15) is 9.59 Å². The van der Waals surface area contributed by atoms with Crippen molar-refractivity contribution in [1.82, 2.24) is 30.2 Å². The Kier molecular flexibility index (Phi) is 7.09. The van der Waals surface area contributed by atoms with Crippen LogP contribution in [0.2, 0.25) is 0 Å². The number of pyridine rings is 1. The van der Waals surface area contributed by atoms with Crippen molar-refractivity contribution >= 4 is 11.9 Å². The Labute approximate surface area is 180 Å². The van der Waals surface area contributed by atoms with Gasteiger partial charge in [-0.3, -0.25) is 19.5 Å². The number of carboxylic acids is 1. The highest BCUT2D eigenvalue weighted by molar-refractivity contribution is 5.94. The third kappa shape index (κ3) is 5.52. The molecule has 1 amide bonds. The van der Waals surface area contributed by atoms with Crippen molar-refractivity contribution in [3.8, 4) is 5.69 Å². The maximum atomic E-state index is 12.4. The molecule has 2 N–H and O–H groups in total. The Hall–Kier alpha value is -3.59. The monoisotopic (exact) mass is 422 g/mol. The van der Waals surface area contributed by atoms with Gasteiger partial charge in [-0.25, -0.2) is 4.68 Å². The van der Waals surface area contributed by atoms with E-state index in [4.69, 9.17) is 5.11 Å². The van der Waals surface area contributed by atoms with Gasteiger partial charge in [0.2, 0.25) is 0 Å². The number of aliphatic carboxylic acids is 1. The second kappa shape index (κ2) is 9.94. The second-order valence-corrected chi connectivity index (χ2v) is 7.58. The quantitative estimate of drug-likeness (QED) is 0.543. The average molecular weight is 422 g/mol. The Morgan fingerprint density at radius 1 is 1.19 bits per heavy atom. The maximum Gasteiger partial charge on any atom is 0.306 e. The fourth-order valence-electron chi connectivity index (χ4n) is 3.20. The van der Waals surface area contributed by atoms with Gasteiger partial charge in [-0.2, -0.15) is 0 Å². The fraction of sp³-hybridized carbons (Fsp3) is 0.318. The summed E-state index contributed by atoms with van der Waals surface area (Å²) in [6.07, 6.45) is 5.25. The number of nitrogens with zero attached hydrogens (tertiary/aromatic N) is 5.